The van der Waals surface area contributed by atoms with Crippen molar-refractivity contribution in [3.8, 4) is 11.5 Å². The Kier molecular flexibility index (Phi) is 3.43. The molecular formula is C12H7ClF3NO. The summed E-state index contributed by atoms with van der Waals surface area (Å²) < 4.78 is 42.3. The second-order valence-electron chi connectivity index (χ2n) is 3.44. The number of alkyl halides is 3. The van der Waals surface area contributed by atoms with Gasteiger partial charge >= 0.3 is 6.18 Å². The minimum atomic E-state index is -4.35. The minimum absolute atomic E-state index is 0.249. The Morgan fingerprint density at radius 2 is 1.67 bits per heavy atom. The van der Waals surface area contributed by atoms with Crippen molar-refractivity contribution in [1.82, 2.24) is 4.98 Å². The van der Waals surface area contributed by atoms with Crippen molar-refractivity contribution < 1.29 is 17.9 Å². The van der Waals surface area contributed by atoms with E-state index in [4.69, 9.17) is 16.3 Å². The summed E-state index contributed by atoms with van der Waals surface area (Å²) in [6.07, 6.45) is -2.90. The summed E-state index contributed by atoms with van der Waals surface area (Å²) in [5.41, 5.74) is -0.720. The largest absolute Gasteiger partial charge is 0.457 e. The summed E-state index contributed by atoms with van der Waals surface area (Å²) in [5, 5.41) is 0.249. The fraction of sp³-hybridized carbons (Fsp3) is 0.0833. The van der Waals surface area contributed by atoms with Crippen molar-refractivity contribution in [3.05, 3.63) is 53.3 Å². The zero-order valence-electron chi connectivity index (χ0n) is 8.91. The fourth-order valence-corrected chi connectivity index (χ4v) is 1.46. The maximum absolute atomic E-state index is 12.3. The number of aromatic nitrogens is 1. The van der Waals surface area contributed by atoms with Gasteiger partial charge in [0, 0.05) is 12.3 Å². The topological polar surface area (TPSA) is 22.1 Å². The van der Waals surface area contributed by atoms with Crippen molar-refractivity contribution in [2.24, 2.45) is 0 Å². The number of ether oxygens (including phenoxy) is 1. The SMILES string of the molecule is FC(F)(F)c1ccc(Oc2ccnc(Cl)c2)cc1. The highest BCUT2D eigenvalue weighted by Crippen LogP contribution is 2.31. The average molecular weight is 274 g/mol. The van der Waals surface area contributed by atoms with Gasteiger partial charge in [-0.05, 0) is 30.3 Å². The maximum atomic E-state index is 12.3. The monoisotopic (exact) mass is 273 g/mol. The number of hydrogen-bond acceptors (Lipinski definition) is 2. The molecule has 2 nitrogen and oxygen atoms in total. The van der Waals surface area contributed by atoms with Gasteiger partial charge in [-0.2, -0.15) is 13.2 Å². The summed E-state index contributed by atoms with van der Waals surface area (Å²) >= 11 is 5.66. The van der Waals surface area contributed by atoms with E-state index in [0.29, 0.717) is 11.5 Å². The van der Waals surface area contributed by atoms with Crippen LogP contribution in [-0.4, -0.2) is 4.98 Å². The van der Waals surface area contributed by atoms with Crippen molar-refractivity contribution in [3.63, 3.8) is 0 Å². The van der Waals surface area contributed by atoms with Crippen LogP contribution in [0.15, 0.2) is 42.6 Å². The Morgan fingerprint density at radius 1 is 1.00 bits per heavy atom. The van der Waals surface area contributed by atoms with Gasteiger partial charge in [0.15, 0.2) is 0 Å². The van der Waals surface area contributed by atoms with Gasteiger partial charge in [0.1, 0.15) is 16.7 Å². The van der Waals surface area contributed by atoms with Crippen LogP contribution >= 0.6 is 11.6 Å². The summed E-state index contributed by atoms with van der Waals surface area (Å²) in [6, 6.07) is 7.44. The number of halogens is 4. The number of hydrogen-bond donors (Lipinski definition) is 0. The molecule has 0 radical (unpaired) electrons. The van der Waals surface area contributed by atoms with Crippen molar-refractivity contribution in [1.29, 1.82) is 0 Å². The van der Waals surface area contributed by atoms with Crippen LogP contribution in [0.2, 0.25) is 5.15 Å². The van der Waals surface area contributed by atoms with Gasteiger partial charge in [0.05, 0.1) is 5.56 Å². The van der Waals surface area contributed by atoms with Gasteiger partial charge in [-0.1, -0.05) is 11.6 Å². The smallest absolute Gasteiger partial charge is 0.416 e. The molecule has 0 fully saturated rings. The van der Waals surface area contributed by atoms with E-state index >= 15 is 0 Å². The molecule has 0 saturated heterocycles. The second-order valence-corrected chi connectivity index (χ2v) is 3.83. The molecule has 1 aromatic carbocycles. The molecule has 94 valence electrons. The molecule has 0 aliphatic carbocycles. The Bertz CT molecular complexity index is 540. The van der Waals surface area contributed by atoms with Gasteiger partial charge < -0.3 is 4.74 Å². The third kappa shape index (κ3) is 3.13. The lowest BCUT2D eigenvalue weighted by Crippen LogP contribution is -2.03. The third-order valence-corrected chi connectivity index (χ3v) is 2.32. The first-order chi connectivity index (χ1) is 8.45. The van der Waals surface area contributed by atoms with Crippen molar-refractivity contribution in [2.75, 3.05) is 0 Å². The van der Waals surface area contributed by atoms with E-state index in [-0.39, 0.29) is 5.15 Å². The molecule has 0 amide bonds. The molecule has 0 saturated carbocycles. The molecule has 0 aliphatic rings. The first kappa shape index (κ1) is 12.7. The highest BCUT2D eigenvalue weighted by Gasteiger charge is 2.30. The Hall–Kier alpha value is -1.75. The Balaban J connectivity index is 2.16. The first-order valence-corrected chi connectivity index (χ1v) is 5.29. The number of benzene rings is 1. The van der Waals surface area contributed by atoms with E-state index in [0.717, 1.165) is 12.1 Å². The Morgan fingerprint density at radius 3 is 2.22 bits per heavy atom. The predicted molar refractivity (Wildman–Crippen MR) is 60.8 cm³/mol. The molecule has 18 heavy (non-hydrogen) atoms. The van der Waals surface area contributed by atoms with Gasteiger partial charge in [0.25, 0.3) is 0 Å². The standard InChI is InChI=1S/C12H7ClF3NO/c13-11-7-10(5-6-17-11)18-9-3-1-8(2-4-9)12(14,15)16/h1-7H. The molecule has 0 spiro atoms. The van der Waals surface area contributed by atoms with Gasteiger partial charge in [-0.3, -0.25) is 0 Å². The lowest BCUT2D eigenvalue weighted by molar-refractivity contribution is -0.137. The van der Waals surface area contributed by atoms with E-state index in [1.807, 2.05) is 0 Å². The molecule has 1 aromatic heterocycles. The van der Waals surface area contributed by atoms with Crippen LogP contribution in [0, 0.1) is 0 Å². The molecule has 0 N–H and O–H groups in total. The first-order valence-electron chi connectivity index (χ1n) is 4.92. The number of nitrogens with zero attached hydrogens (tertiary/aromatic N) is 1. The normalized spacial score (nSPS) is 11.3. The molecule has 1 heterocycles. The quantitative estimate of drug-likeness (QED) is 0.749. The predicted octanol–water partition coefficient (Wildman–Crippen LogP) is 4.55. The molecule has 0 aliphatic heterocycles. The summed E-state index contributed by atoms with van der Waals surface area (Å²) in [5.74, 6) is 0.708. The lowest BCUT2D eigenvalue weighted by atomic mass is 10.2. The fourth-order valence-electron chi connectivity index (χ4n) is 1.30. The number of pyridine rings is 1. The zero-order valence-corrected chi connectivity index (χ0v) is 9.66. The Labute approximate surface area is 106 Å². The van der Waals surface area contributed by atoms with E-state index in [2.05, 4.69) is 4.98 Å². The molecule has 2 rings (SSSR count). The van der Waals surface area contributed by atoms with Gasteiger partial charge in [0.2, 0.25) is 0 Å². The van der Waals surface area contributed by atoms with Crippen LogP contribution < -0.4 is 4.74 Å². The van der Waals surface area contributed by atoms with Crippen LogP contribution in [0.25, 0.3) is 0 Å². The zero-order chi connectivity index (χ0) is 13.2. The van der Waals surface area contributed by atoms with Crippen molar-refractivity contribution >= 4 is 11.6 Å². The molecular weight excluding hydrogens is 267 g/mol. The summed E-state index contributed by atoms with van der Waals surface area (Å²) in [7, 11) is 0. The number of rotatable bonds is 2. The average Bonchev–Trinajstić information content (AvgIpc) is 2.28. The maximum Gasteiger partial charge on any atom is 0.416 e. The van der Waals surface area contributed by atoms with E-state index < -0.39 is 11.7 Å². The van der Waals surface area contributed by atoms with Crippen molar-refractivity contribution in [2.45, 2.75) is 6.18 Å². The summed E-state index contributed by atoms with van der Waals surface area (Å²) in [4.78, 5) is 3.76. The highest BCUT2D eigenvalue weighted by molar-refractivity contribution is 6.29. The van der Waals surface area contributed by atoms with Crippen LogP contribution in [0.4, 0.5) is 13.2 Å². The van der Waals surface area contributed by atoms with E-state index in [1.54, 1.807) is 6.07 Å². The van der Waals surface area contributed by atoms with Crippen LogP contribution in [0.1, 0.15) is 5.56 Å². The molecule has 6 heteroatoms. The van der Waals surface area contributed by atoms with Gasteiger partial charge in [-0.15, -0.1) is 0 Å². The molecule has 0 unspecified atom stereocenters. The van der Waals surface area contributed by atoms with E-state index in [1.165, 1.54) is 24.4 Å². The van der Waals surface area contributed by atoms with Crippen LogP contribution in [0.3, 0.4) is 0 Å². The van der Waals surface area contributed by atoms with Crippen LogP contribution in [0.5, 0.6) is 11.5 Å². The van der Waals surface area contributed by atoms with Crippen LogP contribution in [-0.2, 0) is 6.18 Å². The summed E-state index contributed by atoms with van der Waals surface area (Å²) in [6.45, 7) is 0. The molecule has 0 bridgehead atoms. The minimum Gasteiger partial charge on any atom is -0.457 e. The third-order valence-electron chi connectivity index (χ3n) is 2.12. The molecule has 2 aromatic rings. The van der Waals surface area contributed by atoms with Gasteiger partial charge in [-0.25, -0.2) is 4.98 Å². The highest BCUT2D eigenvalue weighted by atomic mass is 35.5. The second kappa shape index (κ2) is 4.86. The lowest BCUT2D eigenvalue weighted by Gasteiger charge is -2.08. The van der Waals surface area contributed by atoms with E-state index in [9.17, 15) is 13.2 Å². The molecule has 0 atom stereocenters.